The largest absolute Gasteiger partial charge is 0.493 e. The zero-order valence-corrected chi connectivity index (χ0v) is 15.3. The first-order valence-electron chi connectivity index (χ1n) is 8.15. The van der Waals surface area contributed by atoms with Crippen LogP contribution < -0.4 is 9.64 Å². The minimum Gasteiger partial charge on any atom is -0.493 e. The third kappa shape index (κ3) is 4.36. The number of hydrogen-bond donors (Lipinski definition) is 0. The molecule has 1 saturated heterocycles. The molecule has 24 heavy (non-hydrogen) atoms. The number of aliphatic imine (C=N–C) groups is 1. The SMILES string of the molecule is CCOc1ccc(Br)cc1C=Nc1ccc(N2CCOCC2)cc1. The van der Waals surface area contributed by atoms with E-state index < -0.39 is 0 Å². The van der Waals surface area contributed by atoms with Gasteiger partial charge in [-0.2, -0.15) is 0 Å². The predicted molar refractivity (Wildman–Crippen MR) is 102 cm³/mol. The van der Waals surface area contributed by atoms with Gasteiger partial charge < -0.3 is 14.4 Å². The monoisotopic (exact) mass is 388 g/mol. The lowest BCUT2D eigenvalue weighted by Gasteiger charge is -2.28. The van der Waals surface area contributed by atoms with Crippen LogP contribution in [0.15, 0.2) is 51.9 Å². The lowest BCUT2D eigenvalue weighted by Crippen LogP contribution is -2.36. The van der Waals surface area contributed by atoms with E-state index in [0.717, 1.165) is 47.8 Å². The van der Waals surface area contributed by atoms with Gasteiger partial charge >= 0.3 is 0 Å². The lowest BCUT2D eigenvalue weighted by atomic mass is 10.2. The summed E-state index contributed by atoms with van der Waals surface area (Å²) in [5.74, 6) is 0.842. The second kappa shape index (κ2) is 8.31. The van der Waals surface area contributed by atoms with Crippen molar-refractivity contribution in [2.24, 2.45) is 4.99 Å². The van der Waals surface area contributed by atoms with E-state index in [2.05, 4.69) is 38.0 Å². The van der Waals surface area contributed by atoms with Gasteiger partial charge in [0.1, 0.15) is 5.75 Å². The zero-order chi connectivity index (χ0) is 16.8. The summed E-state index contributed by atoms with van der Waals surface area (Å²) in [7, 11) is 0. The molecule has 1 heterocycles. The first-order chi connectivity index (χ1) is 11.8. The molecule has 0 radical (unpaired) electrons. The Bertz CT molecular complexity index is 695. The number of halogens is 1. The van der Waals surface area contributed by atoms with Gasteiger partial charge in [-0.1, -0.05) is 15.9 Å². The van der Waals surface area contributed by atoms with Gasteiger partial charge in [-0.25, -0.2) is 0 Å². The number of rotatable bonds is 5. The standard InChI is InChI=1S/C19H21BrN2O2/c1-2-24-19-8-3-16(20)13-15(19)14-21-17-4-6-18(7-5-17)22-9-11-23-12-10-22/h3-8,13-14H,2,9-12H2,1H3. The van der Waals surface area contributed by atoms with Crippen LogP contribution in [0.5, 0.6) is 5.75 Å². The van der Waals surface area contributed by atoms with Gasteiger partial charge in [0.15, 0.2) is 0 Å². The fraction of sp³-hybridized carbons (Fsp3) is 0.316. The van der Waals surface area contributed by atoms with Gasteiger partial charge in [0, 0.05) is 35.0 Å². The molecule has 0 unspecified atom stereocenters. The number of ether oxygens (including phenoxy) is 2. The Morgan fingerprint density at radius 3 is 2.62 bits per heavy atom. The molecule has 1 fully saturated rings. The Balaban J connectivity index is 1.73. The van der Waals surface area contributed by atoms with Crippen LogP contribution in [0.2, 0.25) is 0 Å². The number of nitrogens with zero attached hydrogens (tertiary/aromatic N) is 2. The van der Waals surface area contributed by atoms with Crippen LogP contribution in [0.1, 0.15) is 12.5 Å². The second-order valence-corrected chi connectivity index (χ2v) is 6.40. The minimum absolute atomic E-state index is 0.636. The van der Waals surface area contributed by atoms with Crippen molar-refractivity contribution in [2.75, 3.05) is 37.8 Å². The van der Waals surface area contributed by atoms with Crippen LogP contribution in [0, 0.1) is 0 Å². The lowest BCUT2D eigenvalue weighted by molar-refractivity contribution is 0.122. The summed E-state index contributed by atoms with van der Waals surface area (Å²) in [6.45, 7) is 6.09. The first kappa shape index (κ1) is 17.0. The number of benzene rings is 2. The molecule has 0 spiro atoms. The molecule has 0 saturated carbocycles. The third-order valence-electron chi connectivity index (χ3n) is 3.85. The van der Waals surface area contributed by atoms with Crippen molar-refractivity contribution < 1.29 is 9.47 Å². The number of hydrogen-bond acceptors (Lipinski definition) is 4. The van der Waals surface area contributed by atoms with Crippen LogP contribution in [-0.4, -0.2) is 39.1 Å². The van der Waals surface area contributed by atoms with Crippen molar-refractivity contribution >= 4 is 33.5 Å². The van der Waals surface area contributed by atoms with E-state index >= 15 is 0 Å². The van der Waals surface area contributed by atoms with Gasteiger partial charge in [0.25, 0.3) is 0 Å². The van der Waals surface area contributed by atoms with E-state index in [1.165, 1.54) is 5.69 Å². The molecule has 2 aromatic rings. The summed E-state index contributed by atoms with van der Waals surface area (Å²) in [5, 5.41) is 0. The molecule has 126 valence electrons. The molecule has 0 N–H and O–H groups in total. The summed E-state index contributed by atoms with van der Waals surface area (Å²) < 4.78 is 12.0. The highest BCUT2D eigenvalue weighted by Gasteiger charge is 2.10. The van der Waals surface area contributed by atoms with E-state index in [1.54, 1.807) is 0 Å². The molecule has 0 aromatic heterocycles. The highest BCUT2D eigenvalue weighted by Crippen LogP contribution is 2.24. The van der Waals surface area contributed by atoms with Crippen LogP contribution in [0.4, 0.5) is 11.4 Å². The van der Waals surface area contributed by atoms with Crippen molar-refractivity contribution in [3.63, 3.8) is 0 Å². The Morgan fingerprint density at radius 1 is 1.17 bits per heavy atom. The van der Waals surface area contributed by atoms with Crippen molar-refractivity contribution in [3.05, 3.63) is 52.5 Å². The maximum absolute atomic E-state index is 5.65. The highest BCUT2D eigenvalue weighted by atomic mass is 79.9. The molecule has 1 aliphatic heterocycles. The average molecular weight is 389 g/mol. The van der Waals surface area contributed by atoms with Crippen LogP contribution in [0.3, 0.4) is 0 Å². The average Bonchev–Trinajstić information content (AvgIpc) is 2.63. The van der Waals surface area contributed by atoms with Crippen molar-refractivity contribution in [1.82, 2.24) is 0 Å². The normalized spacial score (nSPS) is 15.0. The Labute approximate surface area is 151 Å². The van der Waals surface area contributed by atoms with E-state index in [0.29, 0.717) is 6.61 Å². The first-order valence-corrected chi connectivity index (χ1v) is 8.95. The van der Waals surface area contributed by atoms with Crippen molar-refractivity contribution in [2.45, 2.75) is 6.92 Å². The maximum atomic E-state index is 5.65. The van der Waals surface area contributed by atoms with Gasteiger partial charge in [-0.05, 0) is 49.4 Å². The van der Waals surface area contributed by atoms with E-state index in [4.69, 9.17) is 9.47 Å². The molecular formula is C19H21BrN2O2. The maximum Gasteiger partial charge on any atom is 0.128 e. The van der Waals surface area contributed by atoms with Crippen molar-refractivity contribution in [3.8, 4) is 5.75 Å². The summed E-state index contributed by atoms with van der Waals surface area (Å²) >= 11 is 3.49. The Hall–Kier alpha value is -1.85. The topological polar surface area (TPSA) is 34.1 Å². The summed E-state index contributed by atoms with van der Waals surface area (Å²) in [4.78, 5) is 6.91. The van der Waals surface area contributed by atoms with E-state index in [9.17, 15) is 0 Å². The Morgan fingerprint density at radius 2 is 1.92 bits per heavy atom. The molecule has 4 nitrogen and oxygen atoms in total. The van der Waals surface area contributed by atoms with Gasteiger partial charge in [0.2, 0.25) is 0 Å². The molecule has 0 amide bonds. The zero-order valence-electron chi connectivity index (χ0n) is 13.7. The third-order valence-corrected chi connectivity index (χ3v) is 4.34. The van der Waals surface area contributed by atoms with Crippen LogP contribution >= 0.6 is 15.9 Å². The molecule has 5 heteroatoms. The molecule has 0 bridgehead atoms. The number of morpholine rings is 1. The summed E-state index contributed by atoms with van der Waals surface area (Å²) in [6, 6.07) is 14.2. The van der Waals surface area contributed by atoms with Gasteiger partial charge in [-0.3, -0.25) is 4.99 Å². The van der Waals surface area contributed by atoms with Gasteiger partial charge in [-0.15, -0.1) is 0 Å². The number of anilines is 1. The van der Waals surface area contributed by atoms with E-state index in [1.807, 2.05) is 43.5 Å². The summed E-state index contributed by atoms with van der Waals surface area (Å²) in [6.07, 6.45) is 1.85. The Kier molecular flexibility index (Phi) is 5.88. The molecular weight excluding hydrogens is 368 g/mol. The minimum atomic E-state index is 0.636. The van der Waals surface area contributed by atoms with Crippen LogP contribution in [-0.2, 0) is 4.74 Å². The van der Waals surface area contributed by atoms with Crippen LogP contribution in [0.25, 0.3) is 0 Å². The molecule has 3 rings (SSSR count). The highest BCUT2D eigenvalue weighted by molar-refractivity contribution is 9.10. The smallest absolute Gasteiger partial charge is 0.128 e. The predicted octanol–water partition coefficient (Wildman–Crippen LogP) is 4.44. The second-order valence-electron chi connectivity index (χ2n) is 5.49. The summed E-state index contributed by atoms with van der Waals surface area (Å²) in [5.41, 5.74) is 3.10. The van der Waals surface area contributed by atoms with Gasteiger partial charge in [0.05, 0.1) is 25.5 Å². The molecule has 2 aromatic carbocycles. The van der Waals surface area contributed by atoms with E-state index in [-0.39, 0.29) is 0 Å². The van der Waals surface area contributed by atoms with Crippen molar-refractivity contribution in [1.29, 1.82) is 0 Å². The molecule has 0 atom stereocenters. The molecule has 1 aliphatic rings. The fourth-order valence-corrected chi connectivity index (χ4v) is 3.00. The quantitative estimate of drug-likeness (QED) is 0.710. The molecule has 0 aliphatic carbocycles. The fourth-order valence-electron chi connectivity index (χ4n) is 2.62.